The van der Waals surface area contributed by atoms with Gasteiger partial charge in [-0.25, -0.2) is 0 Å². The first kappa shape index (κ1) is 14.9. The maximum absolute atomic E-state index is 11.3. The molecule has 0 spiro atoms. The van der Waals surface area contributed by atoms with Crippen molar-refractivity contribution in [3.05, 3.63) is 65.7 Å². The highest BCUT2D eigenvalue weighted by molar-refractivity contribution is 5.94. The van der Waals surface area contributed by atoms with Crippen molar-refractivity contribution in [2.24, 2.45) is 0 Å². The van der Waals surface area contributed by atoms with Crippen molar-refractivity contribution in [3.8, 4) is 5.75 Å². The molecule has 0 aromatic heterocycles. The Kier molecular flexibility index (Phi) is 5.16. The van der Waals surface area contributed by atoms with Gasteiger partial charge in [0, 0.05) is 23.4 Å². The number of Topliss-reactive ketones (excluding diaryl/α,β-unsaturated/α-hetero) is 1. The molecule has 3 nitrogen and oxygen atoms in total. The first-order valence-corrected chi connectivity index (χ1v) is 6.85. The summed E-state index contributed by atoms with van der Waals surface area (Å²) in [6, 6.07) is 15.4. The third-order valence-corrected chi connectivity index (χ3v) is 3.13. The Bertz CT molecular complexity index is 647. The molecule has 0 atom stereocenters. The van der Waals surface area contributed by atoms with Crippen LogP contribution >= 0.6 is 0 Å². The van der Waals surface area contributed by atoms with E-state index in [-0.39, 0.29) is 5.78 Å². The molecule has 0 unspecified atom stereocenters. The number of nitrogens with one attached hydrogen (secondary N) is 1. The van der Waals surface area contributed by atoms with Gasteiger partial charge in [0.15, 0.2) is 5.78 Å². The zero-order valence-corrected chi connectivity index (χ0v) is 12.3. The van der Waals surface area contributed by atoms with Crippen molar-refractivity contribution < 1.29 is 9.53 Å². The Hall–Kier alpha value is -2.55. The fourth-order valence-electron chi connectivity index (χ4n) is 2.01. The summed E-state index contributed by atoms with van der Waals surface area (Å²) in [6.45, 7) is 2.25. The SMILES string of the molecule is COc1ccccc1/C=C/CNc1cccc(C(C)=O)c1. The largest absolute Gasteiger partial charge is 0.496 e. The Labute approximate surface area is 125 Å². The first-order valence-electron chi connectivity index (χ1n) is 6.85. The van der Waals surface area contributed by atoms with E-state index < -0.39 is 0 Å². The average Bonchev–Trinajstić information content (AvgIpc) is 2.52. The van der Waals surface area contributed by atoms with Gasteiger partial charge in [-0.2, -0.15) is 0 Å². The van der Waals surface area contributed by atoms with Gasteiger partial charge >= 0.3 is 0 Å². The quantitative estimate of drug-likeness (QED) is 0.813. The Morgan fingerprint density at radius 3 is 2.76 bits per heavy atom. The maximum Gasteiger partial charge on any atom is 0.159 e. The number of benzene rings is 2. The first-order chi connectivity index (χ1) is 10.2. The highest BCUT2D eigenvalue weighted by Gasteiger charge is 1.99. The summed E-state index contributed by atoms with van der Waals surface area (Å²) in [6.07, 6.45) is 4.04. The molecule has 3 heteroatoms. The van der Waals surface area contributed by atoms with Crippen LogP contribution in [-0.2, 0) is 0 Å². The van der Waals surface area contributed by atoms with Crippen LogP contribution in [0.4, 0.5) is 5.69 Å². The molecular formula is C18H19NO2. The molecule has 0 heterocycles. The van der Waals surface area contributed by atoms with Gasteiger partial charge in [-0.3, -0.25) is 4.79 Å². The fourth-order valence-corrected chi connectivity index (χ4v) is 2.01. The number of para-hydroxylation sites is 1. The van der Waals surface area contributed by atoms with Crippen LogP contribution in [0.5, 0.6) is 5.75 Å². The molecule has 2 aromatic carbocycles. The number of methoxy groups -OCH3 is 1. The summed E-state index contributed by atoms with van der Waals surface area (Å²) in [5.41, 5.74) is 2.69. The number of hydrogen-bond acceptors (Lipinski definition) is 3. The van der Waals surface area contributed by atoms with Crippen LogP contribution in [-0.4, -0.2) is 19.4 Å². The van der Waals surface area contributed by atoms with Crippen molar-refractivity contribution in [1.82, 2.24) is 0 Å². The van der Waals surface area contributed by atoms with Crippen molar-refractivity contribution in [2.75, 3.05) is 19.0 Å². The van der Waals surface area contributed by atoms with E-state index in [1.165, 1.54) is 0 Å². The standard InChI is InChI=1S/C18H19NO2/c1-14(20)16-8-5-10-17(13-16)19-12-6-9-15-7-3-4-11-18(15)21-2/h3-11,13,19H,12H2,1-2H3/b9-6+. The van der Waals surface area contributed by atoms with E-state index in [1.54, 1.807) is 14.0 Å². The minimum absolute atomic E-state index is 0.0724. The molecule has 0 saturated carbocycles. The molecule has 0 aliphatic carbocycles. The maximum atomic E-state index is 11.3. The molecule has 1 N–H and O–H groups in total. The second kappa shape index (κ2) is 7.29. The van der Waals surface area contributed by atoms with Gasteiger partial charge in [-0.05, 0) is 25.1 Å². The van der Waals surface area contributed by atoms with Crippen molar-refractivity contribution >= 4 is 17.5 Å². The van der Waals surface area contributed by atoms with Gasteiger partial charge in [0.1, 0.15) is 5.75 Å². The van der Waals surface area contributed by atoms with E-state index in [9.17, 15) is 4.79 Å². The number of ether oxygens (including phenoxy) is 1. The Morgan fingerprint density at radius 1 is 1.19 bits per heavy atom. The molecule has 0 amide bonds. The lowest BCUT2D eigenvalue weighted by molar-refractivity contribution is 0.101. The lowest BCUT2D eigenvalue weighted by Crippen LogP contribution is -2.00. The molecule has 108 valence electrons. The van der Waals surface area contributed by atoms with Crippen LogP contribution in [0.1, 0.15) is 22.8 Å². The van der Waals surface area contributed by atoms with Gasteiger partial charge in [0.2, 0.25) is 0 Å². The van der Waals surface area contributed by atoms with Gasteiger partial charge in [-0.1, -0.05) is 42.5 Å². The van der Waals surface area contributed by atoms with E-state index in [1.807, 2.05) is 60.7 Å². The van der Waals surface area contributed by atoms with Crippen LogP contribution < -0.4 is 10.1 Å². The number of hydrogen-bond donors (Lipinski definition) is 1. The van der Waals surface area contributed by atoms with Gasteiger partial charge in [0.05, 0.1) is 7.11 Å². The van der Waals surface area contributed by atoms with Crippen molar-refractivity contribution in [2.45, 2.75) is 6.92 Å². The van der Waals surface area contributed by atoms with E-state index in [2.05, 4.69) is 5.32 Å². The summed E-state index contributed by atoms with van der Waals surface area (Å²) in [5, 5.41) is 3.27. The second-order valence-electron chi connectivity index (χ2n) is 4.66. The second-order valence-corrected chi connectivity index (χ2v) is 4.66. The van der Waals surface area contributed by atoms with Crippen LogP contribution in [0.2, 0.25) is 0 Å². The summed E-state index contributed by atoms with van der Waals surface area (Å²) in [5.74, 6) is 0.926. The average molecular weight is 281 g/mol. The van der Waals surface area contributed by atoms with Crippen LogP contribution in [0.25, 0.3) is 6.08 Å². The van der Waals surface area contributed by atoms with Gasteiger partial charge in [-0.15, -0.1) is 0 Å². The zero-order chi connectivity index (χ0) is 15.1. The number of carbonyl (C=O) groups is 1. The molecule has 0 bridgehead atoms. The third-order valence-electron chi connectivity index (χ3n) is 3.13. The smallest absolute Gasteiger partial charge is 0.159 e. The summed E-state index contributed by atoms with van der Waals surface area (Å²) in [4.78, 5) is 11.3. The Morgan fingerprint density at radius 2 is 2.00 bits per heavy atom. The fraction of sp³-hybridized carbons (Fsp3) is 0.167. The Balaban J connectivity index is 1.96. The topological polar surface area (TPSA) is 38.3 Å². The van der Waals surface area contributed by atoms with E-state index in [0.717, 1.165) is 17.0 Å². The summed E-state index contributed by atoms with van der Waals surface area (Å²) >= 11 is 0. The molecule has 0 radical (unpaired) electrons. The van der Waals surface area contributed by atoms with Crippen LogP contribution in [0.3, 0.4) is 0 Å². The molecule has 0 saturated heterocycles. The molecule has 21 heavy (non-hydrogen) atoms. The lowest BCUT2D eigenvalue weighted by Gasteiger charge is -2.05. The number of carbonyl (C=O) groups excluding carboxylic acids is 1. The third kappa shape index (κ3) is 4.21. The monoisotopic (exact) mass is 281 g/mol. The normalized spacial score (nSPS) is 10.6. The van der Waals surface area contributed by atoms with Crippen LogP contribution in [0.15, 0.2) is 54.6 Å². The van der Waals surface area contributed by atoms with Crippen molar-refractivity contribution in [1.29, 1.82) is 0 Å². The van der Waals surface area contributed by atoms with E-state index >= 15 is 0 Å². The minimum atomic E-state index is 0.0724. The zero-order valence-electron chi connectivity index (χ0n) is 12.3. The van der Waals surface area contributed by atoms with Gasteiger partial charge in [0.25, 0.3) is 0 Å². The molecule has 2 rings (SSSR count). The van der Waals surface area contributed by atoms with Gasteiger partial charge < -0.3 is 10.1 Å². The molecule has 2 aromatic rings. The van der Waals surface area contributed by atoms with Crippen LogP contribution in [0, 0.1) is 0 Å². The molecule has 0 fully saturated rings. The predicted octanol–water partition coefficient (Wildman–Crippen LogP) is 4.02. The molecule has 0 aliphatic heterocycles. The molecular weight excluding hydrogens is 262 g/mol. The highest BCUT2D eigenvalue weighted by Crippen LogP contribution is 2.18. The summed E-state index contributed by atoms with van der Waals surface area (Å²) in [7, 11) is 1.66. The molecule has 0 aliphatic rings. The van der Waals surface area contributed by atoms with Crippen molar-refractivity contribution in [3.63, 3.8) is 0 Å². The predicted molar refractivity (Wildman–Crippen MR) is 87.0 cm³/mol. The summed E-state index contributed by atoms with van der Waals surface area (Å²) < 4.78 is 5.29. The number of rotatable bonds is 6. The lowest BCUT2D eigenvalue weighted by atomic mass is 10.1. The highest BCUT2D eigenvalue weighted by atomic mass is 16.5. The number of anilines is 1. The number of ketones is 1. The van der Waals surface area contributed by atoms with E-state index in [0.29, 0.717) is 12.1 Å². The van der Waals surface area contributed by atoms with E-state index in [4.69, 9.17) is 4.74 Å². The minimum Gasteiger partial charge on any atom is -0.496 e.